The zero-order chi connectivity index (χ0) is 22.7. The second kappa shape index (κ2) is 10.4. The van der Waals surface area contributed by atoms with E-state index in [2.05, 4.69) is 28.5 Å². The predicted molar refractivity (Wildman–Crippen MR) is 126 cm³/mol. The maximum absolute atomic E-state index is 13.0. The summed E-state index contributed by atoms with van der Waals surface area (Å²) < 4.78 is 5.33. The van der Waals surface area contributed by atoms with Crippen LogP contribution in [0.3, 0.4) is 0 Å². The number of halogens is 1. The fourth-order valence-electron chi connectivity index (χ4n) is 4.93. The molecule has 3 saturated heterocycles. The van der Waals surface area contributed by atoms with E-state index in [0.717, 1.165) is 57.8 Å². The molecule has 0 bridgehead atoms. The van der Waals surface area contributed by atoms with Crippen molar-refractivity contribution in [3.05, 3.63) is 28.8 Å². The molecule has 3 aliphatic heterocycles. The van der Waals surface area contributed by atoms with Crippen LogP contribution in [0, 0.1) is 5.92 Å². The first-order chi connectivity index (χ1) is 15.4. The molecule has 3 heterocycles. The lowest BCUT2D eigenvalue weighted by Crippen LogP contribution is -2.53. The van der Waals surface area contributed by atoms with Crippen LogP contribution in [0.5, 0.6) is 0 Å². The molecule has 32 heavy (non-hydrogen) atoms. The molecular formula is C24H35ClN4O3. The lowest BCUT2D eigenvalue weighted by Gasteiger charge is -2.40. The Morgan fingerprint density at radius 1 is 0.938 bits per heavy atom. The van der Waals surface area contributed by atoms with Gasteiger partial charge in [-0.3, -0.25) is 14.5 Å². The summed E-state index contributed by atoms with van der Waals surface area (Å²) in [5, 5.41) is 0.596. The van der Waals surface area contributed by atoms with Crippen LogP contribution in [0.15, 0.2) is 18.2 Å². The van der Waals surface area contributed by atoms with E-state index in [1.807, 2.05) is 17.0 Å². The quantitative estimate of drug-likeness (QED) is 0.688. The van der Waals surface area contributed by atoms with E-state index in [1.54, 1.807) is 6.07 Å². The van der Waals surface area contributed by atoms with Crippen LogP contribution in [0.25, 0.3) is 0 Å². The molecule has 0 unspecified atom stereocenters. The van der Waals surface area contributed by atoms with Gasteiger partial charge in [0.25, 0.3) is 5.91 Å². The maximum Gasteiger partial charge on any atom is 0.254 e. The molecule has 0 aliphatic carbocycles. The van der Waals surface area contributed by atoms with Crippen LogP contribution in [0.2, 0.25) is 5.02 Å². The molecule has 0 N–H and O–H groups in total. The SMILES string of the molecule is CC(C)N1CCN(C(=O)C2CCN(c3ccc(C(=O)N4CCOCC4)cc3Cl)CC2)CC1. The topological polar surface area (TPSA) is 56.3 Å². The minimum Gasteiger partial charge on any atom is -0.378 e. The number of ether oxygens (including phenoxy) is 1. The Morgan fingerprint density at radius 3 is 2.19 bits per heavy atom. The first-order valence-corrected chi connectivity index (χ1v) is 12.3. The van der Waals surface area contributed by atoms with Crippen molar-refractivity contribution in [2.24, 2.45) is 5.92 Å². The number of benzene rings is 1. The number of piperazine rings is 1. The summed E-state index contributed by atoms with van der Waals surface area (Å²) in [5.74, 6) is 0.409. The minimum absolute atomic E-state index is 0.00335. The van der Waals surface area contributed by atoms with E-state index in [-0.39, 0.29) is 11.8 Å². The van der Waals surface area contributed by atoms with Gasteiger partial charge in [-0.05, 0) is 44.9 Å². The molecule has 4 rings (SSSR count). The molecule has 1 aromatic rings. The normalized spacial score (nSPS) is 21.3. The second-order valence-electron chi connectivity index (χ2n) is 9.29. The Morgan fingerprint density at radius 2 is 1.59 bits per heavy atom. The summed E-state index contributed by atoms with van der Waals surface area (Å²) in [6.45, 7) is 12.0. The van der Waals surface area contributed by atoms with E-state index < -0.39 is 0 Å². The second-order valence-corrected chi connectivity index (χ2v) is 9.69. The molecule has 0 radical (unpaired) electrons. The highest BCUT2D eigenvalue weighted by Crippen LogP contribution is 2.31. The monoisotopic (exact) mass is 462 g/mol. The molecule has 176 valence electrons. The van der Waals surface area contributed by atoms with Gasteiger partial charge in [-0.2, -0.15) is 0 Å². The molecule has 2 amide bonds. The third kappa shape index (κ3) is 5.21. The van der Waals surface area contributed by atoms with E-state index in [0.29, 0.717) is 48.8 Å². The van der Waals surface area contributed by atoms with Crippen molar-refractivity contribution in [1.82, 2.24) is 14.7 Å². The summed E-state index contributed by atoms with van der Waals surface area (Å²) in [7, 11) is 0. The Hall–Kier alpha value is -1.83. The van der Waals surface area contributed by atoms with Gasteiger partial charge in [-0.15, -0.1) is 0 Å². The summed E-state index contributed by atoms with van der Waals surface area (Å²) in [5.41, 5.74) is 1.56. The number of morpholine rings is 1. The minimum atomic E-state index is 0.00335. The first kappa shape index (κ1) is 23.3. The summed E-state index contributed by atoms with van der Waals surface area (Å²) in [4.78, 5) is 34.3. The molecule has 0 spiro atoms. The zero-order valence-electron chi connectivity index (χ0n) is 19.3. The van der Waals surface area contributed by atoms with E-state index in [4.69, 9.17) is 16.3 Å². The number of rotatable bonds is 4. The average molecular weight is 463 g/mol. The van der Waals surface area contributed by atoms with E-state index >= 15 is 0 Å². The molecule has 1 aromatic carbocycles. The third-order valence-corrected chi connectivity index (χ3v) is 7.34. The van der Waals surface area contributed by atoms with Crippen LogP contribution < -0.4 is 4.90 Å². The van der Waals surface area contributed by atoms with Gasteiger partial charge in [0.05, 0.1) is 23.9 Å². The van der Waals surface area contributed by atoms with E-state index in [9.17, 15) is 9.59 Å². The number of nitrogens with zero attached hydrogens (tertiary/aromatic N) is 4. The van der Waals surface area contributed by atoms with Crippen molar-refractivity contribution in [1.29, 1.82) is 0 Å². The number of piperidine rings is 1. The van der Waals surface area contributed by atoms with Crippen molar-refractivity contribution < 1.29 is 14.3 Å². The number of carbonyl (C=O) groups excluding carboxylic acids is 2. The van der Waals surface area contributed by atoms with E-state index in [1.165, 1.54) is 0 Å². The molecule has 7 nitrogen and oxygen atoms in total. The van der Waals surface area contributed by atoms with Crippen molar-refractivity contribution in [3.63, 3.8) is 0 Å². The molecule has 0 saturated carbocycles. The van der Waals surface area contributed by atoms with Gasteiger partial charge in [0, 0.05) is 69.9 Å². The van der Waals surface area contributed by atoms with Crippen molar-refractivity contribution in [2.75, 3.05) is 70.5 Å². The fraction of sp³-hybridized carbons (Fsp3) is 0.667. The van der Waals surface area contributed by atoms with Crippen LogP contribution in [0.4, 0.5) is 5.69 Å². The van der Waals surface area contributed by atoms with Crippen molar-refractivity contribution >= 4 is 29.1 Å². The van der Waals surface area contributed by atoms with Gasteiger partial charge in [0.15, 0.2) is 0 Å². The fourth-order valence-corrected chi connectivity index (χ4v) is 5.23. The van der Waals surface area contributed by atoms with Crippen LogP contribution in [0.1, 0.15) is 37.0 Å². The molecule has 3 aliphatic rings. The molecule has 3 fully saturated rings. The number of hydrogen-bond acceptors (Lipinski definition) is 5. The van der Waals surface area contributed by atoms with Gasteiger partial charge < -0.3 is 19.4 Å². The molecule has 0 aromatic heterocycles. The van der Waals surface area contributed by atoms with Gasteiger partial charge in [0.1, 0.15) is 0 Å². The number of hydrogen-bond donors (Lipinski definition) is 0. The maximum atomic E-state index is 13.0. The highest BCUT2D eigenvalue weighted by molar-refractivity contribution is 6.33. The Kier molecular flexibility index (Phi) is 7.59. The Labute approximate surface area is 196 Å². The van der Waals surface area contributed by atoms with Crippen LogP contribution >= 0.6 is 11.6 Å². The average Bonchev–Trinajstić information content (AvgIpc) is 2.84. The van der Waals surface area contributed by atoms with Crippen molar-refractivity contribution in [3.8, 4) is 0 Å². The van der Waals surface area contributed by atoms with Crippen LogP contribution in [-0.2, 0) is 9.53 Å². The van der Waals surface area contributed by atoms with Crippen molar-refractivity contribution in [2.45, 2.75) is 32.7 Å². The summed E-state index contributed by atoms with van der Waals surface area (Å²) >= 11 is 6.59. The highest BCUT2D eigenvalue weighted by atomic mass is 35.5. The zero-order valence-corrected chi connectivity index (χ0v) is 20.0. The van der Waals surface area contributed by atoms with Gasteiger partial charge in [-0.25, -0.2) is 0 Å². The summed E-state index contributed by atoms with van der Waals surface area (Å²) in [6.07, 6.45) is 1.68. The van der Waals surface area contributed by atoms with Gasteiger partial charge >= 0.3 is 0 Å². The first-order valence-electron chi connectivity index (χ1n) is 11.9. The standard InChI is InChI=1S/C24H35ClN4O3/c1-18(2)26-9-11-28(12-10-26)23(30)19-5-7-27(8-6-19)22-4-3-20(17-21(22)25)24(31)29-13-15-32-16-14-29/h3-4,17-19H,5-16H2,1-2H3. The van der Waals surface area contributed by atoms with Gasteiger partial charge in [0.2, 0.25) is 5.91 Å². The lowest BCUT2D eigenvalue weighted by molar-refractivity contribution is -0.138. The smallest absolute Gasteiger partial charge is 0.254 e. The Balaban J connectivity index is 1.31. The highest BCUT2D eigenvalue weighted by Gasteiger charge is 2.31. The van der Waals surface area contributed by atoms with Crippen LogP contribution in [-0.4, -0.2) is 98.1 Å². The van der Waals surface area contributed by atoms with Gasteiger partial charge in [-0.1, -0.05) is 11.6 Å². The lowest BCUT2D eigenvalue weighted by atomic mass is 9.94. The molecular weight excluding hydrogens is 428 g/mol. The number of carbonyl (C=O) groups is 2. The Bertz CT molecular complexity index is 811. The third-order valence-electron chi connectivity index (χ3n) is 7.03. The summed E-state index contributed by atoms with van der Waals surface area (Å²) in [6, 6.07) is 6.13. The largest absolute Gasteiger partial charge is 0.378 e. The number of amides is 2. The predicted octanol–water partition coefficient (Wildman–Crippen LogP) is 2.58. The molecule has 0 atom stereocenters. The molecule has 8 heteroatoms. The number of anilines is 1.